The minimum atomic E-state index is -1.13. The lowest BCUT2D eigenvalue weighted by atomic mass is 10.2. The van der Waals surface area contributed by atoms with E-state index in [1.807, 2.05) is 11.0 Å². The van der Waals surface area contributed by atoms with Crippen LogP contribution in [0.2, 0.25) is 0 Å². The molecule has 0 atom stereocenters. The fraction of sp³-hybridized carbons (Fsp3) is 0.643. The van der Waals surface area contributed by atoms with E-state index >= 15 is 0 Å². The maximum Gasteiger partial charge on any atom is 0.322 e. The van der Waals surface area contributed by atoms with Crippen molar-refractivity contribution in [2.45, 2.75) is 39.5 Å². The second-order valence-electron chi connectivity index (χ2n) is 4.47. The first kappa shape index (κ1) is 18.0. The monoisotopic (exact) mass is 281 g/mol. The van der Waals surface area contributed by atoms with Crippen LogP contribution >= 0.6 is 0 Å². The van der Waals surface area contributed by atoms with Gasteiger partial charge in [0.25, 0.3) is 5.91 Å². The predicted octanol–water partition coefficient (Wildman–Crippen LogP) is 1.50. The fourth-order valence-corrected chi connectivity index (χ4v) is 1.54. The van der Waals surface area contributed by atoms with Crippen molar-refractivity contribution in [3.63, 3.8) is 0 Å². The summed E-state index contributed by atoms with van der Waals surface area (Å²) in [5, 5.41) is 19.7. The van der Waals surface area contributed by atoms with E-state index < -0.39 is 18.4 Å². The minimum Gasteiger partial charge on any atom is -0.480 e. The maximum absolute atomic E-state index is 11.7. The van der Waals surface area contributed by atoms with Crippen LogP contribution in [0.1, 0.15) is 39.5 Å². The number of carboxylic acid groups (broad SMARTS) is 1. The Labute approximate surface area is 120 Å². The molecule has 0 unspecified atom stereocenters. The molecule has 0 saturated heterocycles. The smallest absolute Gasteiger partial charge is 0.322 e. The Morgan fingerprint density at radius 1 is 1.25 bits per heavy atom. The Bertz CT molecular complexity index is 378. The molecule has 0 aromatic rings. The molecule has 0 aromatic carbocycles. The second kappa shape index (κ2) is 10.9. The average Bonchev–Trinajstić information content (AvgIpc) is 2.44. The van der Waals surface area contributed by atoms with Gasteiger partial charge in [-0.05, 0) is 12.8 Å². The Morgan fingerprint density at radius 3 is 2.20 bits per heavy atom. The molecule has 112 valence electrons. The second-order valence-corrected chi connectivity index (χ2v) is 4.47. The number of hydrogen-bond donors (Lipinski definition) is 2. The topological polar surface area (TPSA) is 93.4 Å². The number of rotatable bonds is 10. The maximum atomic E-state index is 11.7. The number of carboxylic acids is 1. The number of amides is 1. The highest BCUT2D eigenvalue weighted by Crippen LogP contribution is 2.04. The molecule has 20 heavy (non-hydrogen) atoms. The molecular weight excluding hydrogens is 258 g/mol. The van der Waals surface area contributed by atoms with Crippen LogP contribution in [0.5, 0.6) is 0 Å². The Hall–Kier alpha value is -2.03. The summed E-state index contributed by atoms with van der Waals surface area (Å²) in [5.41, 5.74) is -0.0570. The summed E-state index contributed by atoms with van der Waals surface area (Å²) < 4.78 is 0. The number of aliphatic carboxylic acids is 1. The van der Waals surface area contributed by atoms with Gasteiger partial charge in [-0.3, -0.25) is 9.59 Å². The Kier molecular flexibility index (Phi) is 9.75. The third kappa shape index (κ3) is 8.14. The summed E-state index contributed by atoms with van der Waals surface area (Å²) in [5.74, 6) is -1.78. The third-order valence-corrected chi connectivity index (χ3v) is 2.67. The van der Waals surface area contributed by atoms with Gasteiger partial charge in [-0.15, -0.1) is 0 Å². The number of nitrogens with one attached hydrogen (secondary N) is 1. The molecule has 0 bridgehead atoms. The first-order valence-corrected chi connectivity index (χ1v) is 6.91. The normalized spacial score (nSPS) is 10.8. The molecule has 0 aliphatic rings. The Morgan fingerprint density at radius 2 is 1.80 bits per heavy atom. The summed E-state index contributed by atoms with van der Waals surface area (Å²) in [6.45, 7) is 5.24. The molecule has 1 amide bonds. The zero-order chi connectivity index (χ0) is 15.4. The molecule has 0 saturated carbocycles. The van der Waals surface area contributed by atoms with Crippen LogP contribution in [0.25, 0.3) is 0 Å². The molecule has 0 fully saturated rings. The standard InChI is InChI=1S/C14H23N3O3/c1-3-5-7-17(8-6-4-2)11-12(9-15)14(20)16-10-13(18)19/h11H,3-8,10H2,1-2H3,(H,16,20)(H,18,19)/b12-11-. The van der Waals surface area contributed by atoms with Crippen molar-refractivity contribution in [1.82, 2.24) is 10.2 Å². The molecule has 6 heteroatoms. The molecule has 0 radical (unpaired) electrons. The van der Waals surface area contributed by atoms with Gasteiger partial charge in [0.05, 0.1) is 0 Å². The highest BCUT2D eigenvalue weighted by molar-refractivity contribution is 5.98. The van der Waals surface area contributed by atoms with E-state index in [1.54, 1.807) is 0 Å². The van der Waals surface area contributed by atoms with E-state index in [-0.39, 0.29) is 5.57 Å². The van der Waals surface area contributed by atoms with Crippen molar-refractivity contribution in [2.75, 3.05) is 19.6 Å². The number of unbranched alkanes of at least 4 members (excludes halogenated alkanes) is 2. The van der Waals surface area contributed by atoms with Crippen molar-refractivity contribution >= 4 is 11.9 Å². The highest BCUT2D eigenvalue weighted by atomic mass is 16.4. The number of carbonyl (C=O) groups is 2. The van der Waals surface area contributed by atoms with Gasteiger partial charge in [0.15, 0.2) is 0 Å². The molecule has 0 spiro atoms. The number of hydrogen-bond acceptors (Lipinski definition) is 4. The summed E-state index contributed by atoms with van der Waals surface area (Å²) in [7, 11) is 0. The van der Waals surface area contributed by atoms with E-state index in [2.05, 4.69) is 19.2 Å². The summed E-state index contributed by atoms with van der Waals surface area (Å²) in [4.78, 5) is 24.0. The summed E-state index contributed by atoms with van der Waals surface area (Å²) >= 11 is 0. The molecule has 0 aromatic heterocycles. The van der Waals surface area contributed by atoms with E-state index in [0.717, 1.165) is 38.8 Å². The number of nitriles is 1. The zero-order valence-electron chi connectivity index (χ0n) is 12.2. The molecule has 0 aliphatic carbocycles. The molecule has 6 nitrogen and oxygen atoms in total. The van der Waals surface area contributed by atoms with Crippen LogP contribution in [0, 0.1) is 11.3 Å². The first-order chi connectivity index (χ1) is 9.54. The van der Waals surface area contributed by atoms with Crippen LogP contribution in [0.15, 0.2) is 11.8 Å². The van der Waals surface area contributed by atoms with Crippen LogP contribution in [0.3, 0.4) is 0 Å². The number of nitrogens with zero attached hydrogens (tertiary/aromatic N) is 2. The van der Waals surface area contributed by atoms with Gasteiger partial charge in [0.2, 0.25) is 0 Å². The van der Waals surface area contributed by atoms with Gasteiger partial charge in [0, 0.05) is 19.3 Å². The third-order valence-electron chi connectivity index (χ3n) is 2.67. The lowest BCUT2D eigenvalue weighted by Crippen LogP contribution is -2.31. The molecule has 0 rings (SSSR count). The van der Waals surface area contributed by atoms with Crippen LogP contribution in [-0.2, 0) is 9.59 Å². The minimum absolute atomic E-state index is 0.0570. The van der Waals surface area contributed by atoms with Crippen LogP contribution in [0.4, 0.5) is 0 Å². The first-order valence-electron chi connectivity index (χ1n) is 6.91. The van der Waals surface area contributed by atoms with Gasteiger partial charge >= 0.3 is 5.97 Å². The van der Waals surface area contributed by atoms with Crippen molar-refractivity contribution in [1.29, 1.82) is 5.26 Å². The van der Waals surface area contributed by atoms with Gasteiger partial charge < -0.3 is 15.3 Å². The molecule has 0 aliphatic heterocycles. The Balaban J connectivity index is 4.71. The van der Waals surface area contributed by atoms with E-state index in [1.165, 1.54) is 6.20 Å². The van der Waals surface area contributed by atoms with Crippen LogP contribution in [-0.4, -0.2) is 41.5 Å². The van der Waals surface area contributed by atoms with E-state index in [9.17, 15) is 9.59 Å². The molecule has 0 heterocycles. The van der Waals surface area contributed by atoms with Crippen LogP contribution < -0.4 is 5.32 Å². The van der Waals surface area contributed by atoms with Gasteiger partial charge in [-0.2, -0.15) is 5.26 Å². The average molecular weight is 281 g/mol. The van der Waals surface area contributed by atoms with Crippen molar-refractivity contribution < 1.29 is 14.7 Å². The fourth-order valence-electron chi connectivity index (χ4n) is 1.54. The van der Waals surface area contributed by atoms with Crippen molar-refractivity contribution in [2.24, 2.45) is 0 Å². The summed E-state index contributed by atoms with van der Waals surface area (Å²) in [6.07, 6.45) is 5.56. The molecule has 2 N–H and O–H groups in total. The molecular formula is C14H23N3O3. The number of carbonyl (C=O) groups excluding carboxylic acids is 1. The quantitative estimate of drug-likeness (QED) is 0.467. The van der Waals surface area contributed by atoms with Crippen molar-refractivity contribution in [3.8, 4) is 6.07 Å². The van der Waals surface area contributed by atoms with Gasteiger partial charge in [-0.25, -0.2) is 0 Å². The summed E-state index contributed by atoms with van der Waals surface area (Å²) in [6, 6.07) is 1.82. The van der Waals surface area contributed by atoms with Gasteiger partial charge in [-0.1, -0.05) is 26.7 Å². The lowest BCUT2D eigenvalue weighted by Gasteiger charge is -2.20. The van der Waals surface area contributed by atoms with Crippen molar-refractivity contribution in [3.05, 3.63) is 11.8 Å². The van der Waals surface area contributed by atoms with E-state index in [4.69, 9.17) is 10.4 Å². The lowest BCUT2D eigenvalue weighted by molar-refractivity contribution is -0.137. The SMILES string of the molecule is CCCCN(/C=C(/C#N)C(=O)NCC(=O)O)CCCC. The van der Waals surface area contributed by atoms with E-state index in [0.29, 0.717) is 0 Å². The largest absolute Gasteiger partial charge is 0.480 e. The predicted molar refractivity (Wildman–Crippen MR) is 75.7 cm³/mol. The zero-order valence-corrected chi connectivity index (χ0v) is 12.2. The highest BCUT2D eigenvalue weighted by Gasteiger charge is 2.12. The van der Waals surface area contributed by atoms with Gasteiger partial charge in [0.1, 0.15) is 18.2 Å².